The summed E-state index contributed by atoms with van der Waals surface area (Å²) in [4.78, 5) is 13.5. The van der Waals surface area contributed by atoms with Crippen LogP contribution in [0.3, 0.4) is 0 Å². The third kappa shape index (κ3) is 3.89. The second kappa shape index (κ2) is 6.84. The standard InChI is InChI=1S/C20H22F3N3O3/c1-11-17(12(2)29-25-11)14-3-13(4-16(5-14)28-18(27)20(21,22)23)8-26-9-19(10-26)6-15(24)7-19/h3-5,15H,6-10,24H2,1-2H3. The van der Waals surface area contributed by atoms with Crippen molar-refractivity contribution >= 4 is 5.97 Å². The molecule has 0 atom stereocenters. The fourth-order valence-electron chi connectivity index (χ4n) is 4.60. The predicted octanol–water partition coefficient (Wildman–Crippen LogP) is 3.35. The van der Waals surface area contributed by atoms with E-state index in [0.717, 1.165) is 31.5 Å². The van der Waals surface area contributed by atoms with Gasteiger partial charge in [0.1, 0.15) is 11.5 Å². The van der Waals surface area contributed by atoms with Crippen LogP contribution in [0.15, 0.2) is 22.7 Å². The van der Waals surface area contributed by atoms with Crippen LogP contribution in [-0.2, 0) is 11.3 Å². The fourth-order valence-corrected chi connectivity index (χ4v) is 4.60. The molecule has 1 saturated carbocycles. The maximum atomic E-state index is 12.7. The molecule has 0 radical (unpaired) electrons. The zero-order chi connectivity index (χ0) is 21.0. The van der Waals surface area contributed by atoms with Gasteiger partial charge < -0.3 is 15.0 Å². The molecule has 0 bridgehead atoms. The lowest BCUT2D eigenvalue weighted by Gasteiger charge is -2.58. The topological polar surface area (TPSA) is 81.6 Å². The van der Waals surface area contributed by atoms with E-state index in [-0.39, 0.29) is 11.8 Å². The Kier molecular flexibility index (Phi) is 4.70. The van der Waals surface area contributed by atoms with Crippen molar-refractivity contribution in [3.8, 4) is 16.9 Å². The van der Waals surface area contributed by atoms with Gasteiger partial charge in [-0.15, -0.1) is 0 Å². The number of carbonyl (C=O) groups is 1. The largest absolute Gasteiger partial charge is 0.491 e. The van der Waals surface area contributed by atoms with Crippen molar-refractivity contribution in [3.63, 3.8) is 0 Å². The summed E-state index contributed by atoms with van der Waals surface area (Å²) in [6.45, 7) is 5.84. The number of rotatable bonds is 4. The van der Waals surface area contributed by atoms with E-state index >= 15 is 0 Å². The zero-order valence-electron chi connectivity index (χ0n) is 16.2. The SMILES string of the molecule is Cc1noc(C)c1-c1cc(CN2CC3(CC(N)C3)C2)cc(OC(=O)C(F)(F)F)c1. The fraction of sp³-hybridized carbons (Fsp3) is 0.500. The van der Waals surface area contributed by atoms with Crippen LogP contribution in [0, 0.1) is 19.3 Å². The molecule has 2 heterocycles. The molecule has 2 fully saturated rings. The number of likely N-dealkylation sites (tertiary alicyclic amines) is 1. The molecule has 6 nitrogen and oxygen atoms in total. The first kappa shape index (κ1) is 19.9. The number of aryl methyl sites for hydroxylation is 2. The highest BCUT2D eigenvalue weighted by Gasteiger charge is 2.50. The molecular formula is C20H22F3N3O3. The lowest BCUT2D eigenvalue weighted by atomic mass is 9.61. The molecule has 156 valence electrons. The number of carbonyl (C=O) groups excluding carboxylic acids is 1. The summed E-state index contributed by atoms with van der Waals surface area (Å²) in [5.74, 6) is -1.86. The van der Waals surface area contributed by atoms with E-state index in [1.165, 1.54) is 12.1 Å². The lowest BCUT2D eigenvalue weighted by Crippen LogP contribution is -2.64. The monoisotopic (exact) mass is 409 g/mol. The Bertz CT molecular complexity index is 921. The summed E-state index contributed by atoms with van der Waals surface area (Å²) in [6, 6.07) is 5.02. The summed E-state index contributed by atoms with van der Waals surface area (Å²) in [5.41, 5.74) is 8.84. The van der Waals surface area contributed by atoms with Gasteiger partial charge in [-0.05, 0) is 61.4 Å². The van der Waals surface area contributed by atoms with Crippen molar-refractivity contribution in [2.75, 3.05) is 13.1 Å². The van der Waals surface area contributed by atoms with E-state index in [0.29, 0.717) is 34.5 Å². The average molecular weight is 409 g/mol. The Morgan fingerprint density at radius 2 is 2.00 bits per heavy atom. The van der Waals surface area contributed by atoms with E-state index in [1.807, 2.05) is 6.07 Å². The minimum absolute atomic E-state index is 0.152. The Morgan fingerprint density at radius 1 is 1.31 bits per heavy atom. The molecule has 0 unspecified atom stereocenters. The van der Waals surface area contributed by atoms with Crippen LogP contribution in [0.1, 0.15) is 29.9 Å². The number of nitrogens with two attached hydrogens (primary N) is 1. The van der Waals surface area contributed by atoms with Crippen LogP contribution in [0.2, 0.25) is 0 Å². The summed E-state index contributed by atoms with van der Waals surface area (Å²) >= 11 is 0. The van der Waals surface area contributed by atoms with Crippen molar-refractivity contribution in [1.29, 1.82) is 0 Å². The minimum atomic E-state index is -5.06. The third-order valence-electron chi connectivity index (χ3n) is 5.64. The van der Waals surface area contributed by atoms with Gasteiger partial charge in [-0.3, -0.25) is 4.90 Å². The van der Waals surface area contributed by atoms with Crippen molar-refractivity contribution in [2.45, 2.75) is 45.5 Å². The number of aromatic nitrogens is 1. The molecule has 1 aliphatic heterocycles. The van der Waals surface area contributed by atoms with E-state index in [1.54, 1.807) is 13.8 Å². The molecule has 2 N–H and O–H groups in total. The summed E-state index contributed by atoms with van der Waals surface area (Å²) in [6.07, 6.45) is -3.04. The smallest absolute Gasteiger partial charge is 0.420 e. The number of ether oxygens (including phenoxy) is 1. The van der Waals surface area contributed by atoms with Crippen LogP contribution in [0.25, 0.3) is 11.1 Å². The van der Waals surface area contributed by atoms with Crippen molar-refractivity contribution in [2.24, 2.45) is 11.1 Å². The maximum absolute atomic E-state index is 12.7. The first-order chi connectivity index (χ1) is 13.5. The molecule has 1 spiro atoms. The zero-order valence-corrected chi connectivity index (χ0v) is 16.2. The molecule has 4 rings (SSSR count). The van der Waals surface area contributed by atoms with Crippen molar-refractivity contribution in [3.05, 3.63) is 35.2 Å². The van der Waals surface area contributed by atoms with E-state index in [2.05, 4.69) is 14.8 Å². The number of hydrogen-bond donors (Lipinski definition) is 1. The lowest BCUT2D eigenvalue weighted by molar-refractivity contribution is -0.189. The Labute approximate surface area is 165 Å². The molecular weight excluding hydrogens is 387 g/mol. The Balaban J connectivity index is 1.59. The molecule has 1 aromatic heterocycles. The molecule has 2 aliphatic rings. The number of hydrogen-bond acceptors (Lipinski definition) is 6. The third-order valence-corrected chi connectivity index (χ3v) is 5.64. The summed E-state index contributed by atoms with van der Waals surface area (Å²) in [5, 5.41) is 3.90. The minimum Gasteiger partial charge on any atom is -0.420 e. The molecule has 0 amide bonds. The number of alkyl halides is 3. The number of esters is 1. The molecule has 9 heteroatoms. The predicted molar refractivity (Wildman–Crippen MR) is 98.0 cm³/mol. The van der Waals surface area contributed by atoms with Crippen molar-refractivity contribution in [1.82, 2.24) is 10.1 Å². The van der Waals surface area contributed by atoms with Gasteiger partial charge in [0, 0.05) is 31.2 Å². The molecule has 1 aromatic carbocycles. The van der Waals surface area contributed by atoms with Crippen LogP contribution in [0.5, 0.6) is 5.75 Å². The highest BCUT2D eigenvalue weighted by Crippen LogP contribution is 2.48. The van der Waals surface area contributed by atoms with Crippen LogP contribution in [-0.4, -0.2) is 41.3 Å². The number of nitrogens with zero attached hydrogens (tertiary/aromatic N) is 2. The van der Waals surface area contributed by atoms with Crippen LogP contribution < -0.4 is 10.5 Å². The van der Waals surface area contributed by atoms with Gasteiger partial charge in [0.05, 0.1) is 5.69 Å². The van der Waals surface area contributed by atoms with Gasteiger partial charge in [0.15, 0.2) is 0 Å². The second-order valence-electron chi connectivity index (χ2n) is 8.27. The van der Waals surface area contributed by atoms with Gasteiger partial charge >= 0.3 is 12.1 Å². The van der Waals surface area contributed by atoms with Gasteiger partial charge in [-0.1, -0.05) is 5.16 Å². The number of benzene rings is 1. The maximum Gasteiger partial charge on any atom is 0.491 e. The molecule has 29 heavy (non-hydrogen) atoms. The Morgan fingerprint density at radius 3 is 2.55 bits per heavy atom. The molecule has 1 saturated heterocycles. The average Bonchev–Trinajstić information content (AvgIpc) is 2.89. The first-order valence-corrected chi connectivity index (χ1v) is 9.39. The van der Waals surface area contributed by atoms with E-state index < -0.39 is 12.1 Å². The van der Waals surface area contributed by atoms with Crippen LogP contribution in [0.4, 0.5) is 13.2 Å². The highest BCUT2D eigenvalue weighted by atomic mass is 19.4. The summed E-state index contributed by atoms with van der Waals surface area (Å²) < 4.78 is 47.8. The van der Waals surface area contributed by atoms with Gasteiger partial charge in [0.2, 0.25) is 0 Å². The van der Waals surface area contributed by atoms with Gasteiger partial charge in [-0.2, -0.15) is 13.2 Å². The van der Waals surface area contributed by atoms with Gasteiger partial charge in [-0.25, -0.2) is 4.79 Å². The second-order valence-corrected chi connectivity index (χ2v) is 8.27. The van der Waals surface area contributed by atoms with Crippen LogP contribution >= 0.6 is 0 Å². The van der Waals surface area contributed by atoms with Gasteiger partial charge in [0.25, 0.3) is 0 Å². The quantitative estimate of drug-likeness (QED) is 0.616. The Hall–Kier alpha value is -2.39. The molecule has 1 aliphatic carbocycles. The molecule has 2 aromatic rings. The normalized spacial score (nSPS) is 19.1. The van der Waals surface area contributed by atoms with E-state index in [9.17, 15) is 18.0 Å². The first-order valence-electron chi connectivity index (χ1n) is 9.39. The van der Waals surface area contributed by atoms with Crippen molar-refractivity contribution < 1.29 is 27.2 Å². The van der Waals surface area contributed by atoms with E-state index in [4.69, 9.17) is 10.3 Å². The highest BCUT2D eigenvalue weighted by molar-refractivity contribution is 5.79. The number of halogens is 3. The summed E-state index contributed by atoms with van der Waals surface area (Å²) in [7, 11) is 0.